The van der Waals surface area contributed by atoms with Gasteiger partial charge in [-0.15, -0.1) is 4.89 Å². The fourth-order valence-corrected chi connectivity index (χ4v) is 12.7. The number of nitrogens with one attached hydrogen (secondary N) is 1. The van der Waals surface area contributed by atoms with Crippen LogP contribution in [-0.2, 0) is 22.7 Å². The summed E-state index contributed by atoms with van der Waals surface area (Å²) < 4.78 is 39.5. The van der Waals surface area contributed by atoms with Gasteiger partial charge in [0.25, 0.3) is 20.0 Å². The van der Waals surface area contributed by atoms with Crippen LogP contribution in [0.2, 0.25) is 23.2 Å². The molecule has 1 aliphatic heterocycles. The van der Waals surface area contributed by atoms with E-state index in [1.165, 1.54) is 12.3 Å². The third-order valence-corrected chi connectivity index (χ3v) is 20.0. The van der Waals surface area contributed by atoms with Crippen molar-refractivity contribution in [3.8, 4) is 0 Å². The van der Waals surface area contributed by atoms with Crippen LogP contribution < -0.4 is 21.4 Å². The molecule has 12 nitrogen and oxygen atoms in total. The molecule has 3 N–H and O–H groups in total. The van der Waals surface area contributed by atoms with E-state index in [1.54, 1.807) is 30.3 Å². The molecule has 5 atom stereocenters. The van der Waals surface area contributed by atoms with Crippen LogP contribution in [0.4, 0.5) is 5.82 Å². The number of carbonyl (C=O) groups is 1. The zero-order valence-corrected chi connectivity index (χ0v) is 34.2. The summed E-state index contributed by atoms with van der Waals surface area (Å²) in [5, 5.41) is 16.2. The lowest BCUT2D eigenvalue weighted by Gasteiger charge is -2.44. The third-order valence-electron chi connectivity index (χ3n) is 10.1. The minimum absolute atomic E-state index is 0.00326. The minimum atomic E-state index is -3.40. The van der Waals surface area contributed by atoms with E-state index in [2.05, 4.69) is 31.1 Å². The van der Waals surface area contributed by atoms with Gasteiger partial charge in [0.2, 0.25) is 0 Å². The van der Waals surface area contributed by atoms with Crippen molar-refractivity contribution in [2.24, 2.45) is 0 Å². The first-order valence-corrected chi connectivity index (χ1v) is 23.4. The van der Waals surface area contributed by atoms with E-state index in [0.29, 0.717) is 5.56 Å². The third kappa shape index (κ3) is 8.36. The molecule has 4 aromatic rings. The number of ether oxygens (including phenoxy) is 1. The van der Waals surface area contributed by atoms with Crippen LogP contribution in [0.15, 0.2) is 108 Å². The number of hydrogen-bond donors (Lipinski definition) is 3. The molecule has 0 spiro atoms. The number of nitrogens with zero attached hydrogens (tertiary/aromatic N) is 2. The van der Waals surface area contributed by atoms with Gasteiger partial charge in [0.05, 0.1) is 6.61 Å². The van der Waals surface area contributed by atoms with Gasteiger partial charge in [0.15, 0.2) is 20.6 Å². The number of anilines is 1. The SMILES string of the molecule is CC(C)(C)[Si](C)(C)O[C@H]1[C@H](n2ccc(NC(=O)c3ccccc3)nc2=O)O[C@H](CO[Si](c2ccccc2)(c2ccccc2)C(C)(C)C)[C@@]1(O)O[P+](=O)O. The zero-order chi connectivity index (χ0) is 38.8. The molecule has 0 radical (unpaired) electrons. The highest BCUT2D eigenvalue weighted by Gasteiger charge is 2.66. The highest BCUT2D eigenvalue weighted by atomic mass is 31.1. The number of benzene rings is 3. The summed E-state index contributed by atoms with van der Waals surface area (Å²) in [6.45, 7) is 15.9. The molecule has 1 saturated heterocycles. The Kier molecular flexibility index (Phi) is 11.9. The molecule has 1 aliphatic rings. The van der Waals surface area contributed by atoms with Crippen molar-refractivity contribution in [1.29, 1.82) is 0 Å². The van der Waals surface area contributed by atoms with Crippen molar-refractivity contribution in [2.75, 3.05) is 11.9 Å². The molecule has 15 heteroatoms. The molecule has 2 heterocycles. The van der Waals surface area contributed by atoms with Crippen LogP contribution in [0.25, 0.3) is 0 Å². The number of aliphatic hydroxyl groups is 1. The number of aromatic nitrogens is 2. The Morgan fingerprint density at radius 1 is 0.906 bits per heavy atom. The predicted octanol–water partition coefficient (Wildman–Crippen LogP) is 5.71. The fourth-order valence-electron chi connectivity index (χ4n) is 6.38. The second-order valence-corrected chi connectivity index (χ2v) is 25.4. The Morgan fingerprint density at radius 2 is 1.43 bits per heavy atom. The van der Waals surface area contributed by atoms with E-state index in [0.717, 1.165) is 14.9 Å². The predicted molar refractivity (Wildman–Crippen MR) is 208 cm³/mol. The van der Waals surface area contributed by atoms with Crippen molar-refractivity contribution >= 4 is 47.0 Å². The molecule has 1 fully saturated rings. The van der Waals surface area contributed by atoms with Gasteiger partial charge < -0.3 is 24.0 Å². The van der Waals surface area contributed by atoms with Crippen LogP contribution in [0.1, 0.15) is 58.1 Å². The van der Waals surface area contributed by atoms with E-state index in [-0.39, 0.29) is 12.4 Å². The standard InChI is InChI=1S/C38H48N3O9PSi2/c1-36(2,3)52(7,8)49-32-34(41-25-24-31(40-35(41)43)39-33(42)27-18-12-9-13-19-27)48-30(38(32,44)50-51(45)46)26-47-53(37(4,5)6,28-20-14-10-15-21-28)29-22-16-11-17-23-29/h9-25,30,32,34,44H,26H2,1-8H3,(H-,39,40,42,43,45,46)/p+1/t30-,32+,34-,38-/m1/s1. The maximum absolute atomic E-state index is 13.7. The molecular formula is C38H49N3O9PSi2+. The van der Waals surface area contributed by atoms with Crippen molar-refractivity contribution < 1.29 is 37.5 Å². The molecule has 0 bridgehead atoms. The molecular weight excluding hydrogens is 730 g/mol. The summed E-state index contributed by atoms with van der Waals surface area (Å²) in [5.74, 6) is -3.02. The number of hydrogen-bond acceptors (Lipinski definition) is 9. The van der Waals surface area contributed by atoms with Gasteiger partial charge in [-0.05, 0) is 51.7 Å². The van der Waals surface area contributed by atoms with Crippen molar-refractivity contribution in [3.05, 3.63) is 119 Å². The first-order valence-electron chi connectivity index (χ1n) is 17.4. The highest BCUT2D eigenvalue weighted by Crippen LogP contribution is 2.49. The summed E-state index contributed by atoms with van der Waals surface area (Å²) in [7, 11) is -9.44. The van der Waals surface area contributed by atoms with Gasteiger partial charge in [0, 0.05) is 16.3 Å². The summed E-state index contributed by atoms with van der Waals surface area (Å²) in [6.07, 6.45) is -2.91. The summed E-state index contributed by atoms with van der Waals surface area (Å²) in [6, 6.07) is 29.6. The van der Waals surface area contributed by atoms with Crippen molar-refractivity contribution in [1.82, 2.24) is 9.55 Å². The van der Waals surface area contributed by atoms with Gasteiger partial charge >= 0.3 is 13.9 Å². The Bertz CT molecular complexity index is 1920. The zero-order valence-electron chi connectivity index (χ0n) is 31.3. The molecule has 282 valence electrons. The molecule has 3 aromatic carbocycles. The average molecular weight is 779 g/mol. The van der Waals surface area contributed by atoms with Crippen LogP contribution in [-0.4, -0.2) is 66.7 Å². The molecule has 53 heavy (non-hydrogen) atoms. The lowest BCUT2D eigenvalue weighted by Crippen LogP contribution is -2.67. The number of amides is 1. The Morgan fingerprint density at radius 3 is 1.91 bits per heavy atom. The van der Waals surface area contributed by atoms with Crippen LogP contribution in [0.3, 0.4) is 0 Å². The molecule has 0 aliphatic carbocycles. The van der Waals surface area contributed by atoms with Gasteiger partial charge in [-0.1, -0.05) is 125 Å². The molecule has 1 unspecified atom stereocenters. The lowest BCUT2D eigenvalue weighted by atomic mass is 10.1. The number of carbonyl (C=O) groups excluding carboxylic acids is 1. The summed E-state index contributed by atoms with van der Waals surface area (Å²) >= 11 is 0. The molecule has 0 saturated carbocycles. The highest BCUT2D eigenvalue weighted by molar-refractivity contribution is 7.32. The van der Waals surface area contributed by atoms with Gasteiger partial charge in [-0.3, -0.25) is 9.36 Å². The second kappa shape index (κ2) is 15.6. The van der Waals surface area contributed by atoms with E-state index >= 15 is 0 Å². The van der Waals surface area contributed by atoms with Crippen molar-refractivity contribution in [2.45, 2.75) is 88.9 Å². The smallest absolute Gasteiger partial charge is 0.405 e. The second-order valence-electron chi connectivity index (χ2n) is 15.7. The van der Waals surface area contributed by atoms with Crippen molar-refractivity contribution in [3.63, 3.8) is 0 Å². The fraction of sp³-hybridized carbons (Fsp3) is 0.395. The first kappa shape index (κ1) is 40.5. The Hall–Kier alpha value is -3.70. The quantitative estimate of drug-likeness (QED) is 0.0924. The normalized spacial score (nSPS) is 21.3. The van der Waals surface area contributed by atoms with Crippen LogP contribution >= 0.6 is 8.25 Å². The van der Waals surface area contributed by atoms with E-state index in [9.17, 15) is 24.2 Å². The maximum Gasteiger partial charge on any atom is 0.697 e. The molecule has 5 rings (SSSR count). The van der Waals surface area contributed by atoms with Crippen LogP contribution in [0.5, 0.6) is 0 Å². The topological polar surface area (TPSA) is 158 Å². The summed E-state index contributed by atoms with van der Waals surface area (Å²) in [5.41, 5.74) is -0.446. The summed E-state index contributed by atoms with van der Waals surface area (Å²) in [4.78, 5) is 40.8. The molecule has 1 amide bonds. The lowest BCUT2D eigenvalue weighted by molar-refractivity contribution is -0.212. The van der Waals surface area contributed by atoms with E-state index < -0.39 is 70.8 Å². The van der Waals surface area contributed by atoms with Gasteiger partial charge in [-0.2, -0.15) is 4.98 Å². The number of rotatable bonds is 12. The van der Waals surface area contributed by atoms with E-state index in [1.807, 2.05) is 94.5 Å². The maximum atomic E-state index is 13.7. The first-order chi connectivity index (χ1) is 24.8. The Labute approximate surface area is 313 Å². The monoisotopic (exact) mass is 778 g/mol. The van der Waals surface area contributed by atoms with Crippen LogP contribution in [0, 0.1) is 0 Å². The minimum Gasteiger partial charge on any atom is -0.405 e. The Balaban J connectivity index is 1.60. The molecule has 1 aromatic heterocycles. The van der Waals surface area contributed by atoms with E-state index in [4.69, 9.17) is 18.1 Å². The largest absolute Gasteiger partial charge is 0.697 e. The average Bonchev–Trinajstić information content (AvgIpc) is 3.34. The van der Waals surface area contributed by atoms with Gasteiger partial charge in [0.1, 0.15) is 11.9 Å². The van der Waals surface area contributed by atoms with Gasteiger partial charge in [-0.25, -0.2) is 4.79 Å².